The number of anilines is 1. The summed E-state index contributed by atoms with van der Waals surface area (Å²) in [4.78, 5) is 28.7. The Kier molecular flexibility index (Phi) is 10.6. The van der Waals surface area contributed by atoms with E-state index in [4.69, 9.17) is 4.74 Å². The summed E-state index contributed by atoms with van der Waals surface area (Å²) in [5.41, 5.74) is 1.11. The molecule has 1 saturated carbocycles. The minimum absolute atomic E-state index is 0.0562. The predicted molar refractivity (Wildman–Crippen MR) is 160 cm³/mol. The molecule has 4 rings (SSSR count). The van der Waals surface area contributed by atoms with Crippen molar-refractivity contribution in [2.75, 3.05) is 24.5 Å². The van der Waals surface area contributed by atoms with Gasteiger partial charge in [-0.05, 0) is 80.3 Å². The van der Waals surface area contributed by atoms with Crippen LogP contribution >= 0.6 is 0 Å². The van der Waals surface area contributed by atoms with E-state index in [1.165, 1.54) is 48.4 Å². The molecule has 0 aliphatic heterocycles. The molecule has 0 spiro atoms. The standard InChI is InChI=1S/C32H38FN3O5S/c1-24(32(38)34-27-11-7-4-8-12-27)35(22-21-25-9-5-3-6-10-25)31(37)23-36(28-15-13-26(33)14-16-28)42(39,40)30-19-17-29(41-2)18-20-30/h3,5-6,9-10,13-20,24,27H,4,7-8,11-12,21-23H2,1-2H3,(H,34,38)/t24-/m0/s1. The second kappa shape index (κ2) is 14.3. The van der Waals surface area contributed by atoms with Crippen LogP contribution in [0.1, 0.15) is 44.6 Å². The van der Waals surface area contributed by atoms with Crippen LogP contribution < -0.4 is 14.4 Å². The van der Waals surface area contributed by atoms with Gasteiger partial charge in [0.05, 0.1) is 17.7 Å². The van der Waals surface area contributed by atoms with Gasteiger partial charge in [0.15, 0.2) is 0 Å². The van der Waals surface area contributed by atoms with Gasteiger partial charge in [-0.15, -0.1) is 0 Å². The van der Waals surface area contributed by atoms with Gasteiger partial charge in [0, 0.05) is 12.6 Å². The lowest BCUT2D eigenvalue weighted by Gasteiger charge is -2.33. The Hall–Kier alpha value is -3.92. The fourth-order valence-corrected chi connectivity index (χ4v) is 6.56. The SMILES string of the molecule is COc1ccc(S(=O)(=O)N(CC(=O)N(CCc2ccccc2)[C@@H](C)C(=O)NC2CCCCC2)c2ccc(F)cc2)cc1. The number of sulfonamides is 1. The van der Waals surface area contributed by atoms with E-state index in [1.54, 1.807) is 6.92 Å². The highest BCUT2D eigenvalue weighted by Gasteiger charge is 2.33. The van der Waals surface area contributed by atoms with Crippen LogP contribution in [0.3, 0.4) is 0 Å². The van der Waals surface area contributed by atoms with Crippen LogP contribution in [-0.2, 0) is 26.0 Å². The predicted octanol–water partition coefficient (Wildman–Crippen LogP) is 4.94. The van der Waals surface area contributed by atoms with Gasteiger partial charge in [0.2, 0.25) is 11.8 Å². The molecule has 1 aliphatic rings. The molecule has 1 atom stereocenters. The number of amides is 2. The number of nitrogens with zero attached hydrogens (tertiary/aromatic N) is 2. The highest BCUT2D eigenvalue weighted by molar-refractivity contribution is 7.92. The van der Waals surface area contributed by atoms with Gasteiger partial charge in [0.25, 0.3) is 10.0 Å². The minimum Gasteiger partial charge on any atom is -0.497 e. The monoisotopic (exact) mass is 595 g/mol. The second-order valence-corrected chi connectivity index (χ2v) is 12.4. The summed E-state index contributed by atoms with van der Waals surface area (Å²) in [6.45, 7) is 1.30. The first-order valence-electron chi connectivity index (χ1n) is 14.2. The highest BCUT2D eigenvalue weighted by Crippen LogP contribution is 2.26. The van der Waals surface area contributed by atoms with Gasteiger partial charge in [-0.3, -0.25) is 13.9 Å². The van der Waals surface area contributed by atoms with E-state index >= 15 is 0 Å². The topological polar surface area (TPSA) is 96.0 Å². The van der Waals surface area contributed by atoms with Gasteiger partial charge in [-0.2, -0.15) is 0 Å². The van der Waals surface area contributed by atoms with Gasteiger partial charge in [-0.25, -0.2) is 12.8 Å². The fourth-order valence-electron chi connectivity index (χ4n) is 5.15. The first kappa shape index (κ1) is 31.0. The van der Waals surface area contributed by atoms with E-state index in [1.807, 2.05) is 30.3 Å². The maximum absolute atomic E-state index is 14.0. The first-order chi connectivity index (χ1) is 20.2. The van der Waals surface area contributed by atoms with E-state index in [9.17, 15) is 22.4 Å². The Balaban J connectivity index is 1.63. The maximum Gasteiger partial charge on any atom is 0.264 e. The second-order valence-electron chi connectivity index (χ2n) is 10.5. The zero-order valence-corrected chi connectivity index (χ0v) is 24.9. The van der Waals surface area contributed by atoms with Gasteiger partial charge in [0.1, 0.15) is 24.2 Å². The molecule has 0 aromatic heterocycles. The average molecular weight is 596 g/mol. The van der Waals surface area contributed by atoms with E-state index in [0.29, 0.717) is 12.2 Å². The van der Waals surface area contributed by atoms with Crippen molar-refractivity contribution in [1.82, 2.24) is 10.2 Å². The van der Waals surface area contributed by atoms with Crippen LogP contribution in [0.15, 0.2) is 83.8 Å². The van der Waals surface area contributed by atoms with Crippen LogP contribution in [0.2, 0.25) is 0 Å². The normalized spacial score (nSPS) is 14.5. The number of carbonyl (C=O) groups is 2. The zero-order chi connectivity index (χ0) is 30.1. The van der Waals surface area contributed by atoms with Crippen molar-refractivity contribution in [2.24, 2.45) is 0 Å². The first-order valence-corrected chi connectivity index (χ1v) is 15.7. The van der Waals surface area contributed by atoms with Crippen molar-refractivity contribution in [2.45, 2.75) is 62.4 Å². The molecular formula is C32H38FN3O5S. The fraction of sp³-hybridized carbons (Fsp3) is 0.375. The number of hydrogen-bond donors (Lipinski definition) is 1. The molecule has 1 N–H and O–H groups in total. The average Bonchev–Trinajstić information content (AvgIpc) is 3.01. The number of carbonyl (C=O) groups excluding carboxylic acids is 2. The molecule has 3 aromatic rings. The number of nitrogens with one attached hydrogen (secondary N) is 1. The number of halogens is 1. The molecule has 0 unspecified atom stereocenters. The van der Waals surface area contributed by atoms with Crippen LogP contribution in [0.25, 0.3) is 0 Å². The number of benzene rings is 3. The zero-order valence-electron chi connectivity index (χ0n) is 24.0. The van der Waals surface area contributed by atoms with Gasteiger partial charge >= 0.3 is 0 Å². The Labute approximate surface area is 247 Å². The summed E-state index contributed by atoms with van der Waals surface area (Å²) in [5.74, 6) is -0.874. The molecule has 8 nitrogen and oxygen atoms in total. The van der Waals surface area contributed by atoms with Crippen molar-refractivity contribution in [3.63, 3.8) is 0 Å². The van der Waals surface area contributed by atoms with Gasteiger partial charge in [-0.1, -0.05) is 49.6 Å². The third-order valence-corrected chi connectivity index (χ3v) is 9.43. The van der Waals surface area contributed by atoms with Crippen LogP contribution in [0, 0.1) is 5.82 Å². The third kappa shape index (κ3) is 7.88. The van der Waals surface area contributed by atoms with E-state index < -0.39 is 34.3 Å². The van der Waals surface area contributed by atoms with E-state index in [-0.39, 0.29) is 29.1 Å². The van der Waals surface area contributed by atoms with Crippen molar-refractivity contribution in [1.29, 1.82) is 0 Å². The summed E-state index contributed by atoms with van der Waals surface area (Å²) in [5, 5.41) is 3.09. The number of methoxy groups -OCH3 is 1. The lowest BCUT2D eigenvalue weighted by atomic mass is 9.95. The Bertz CT molecular complexity index is 1430. The largest absolute Gasteiger partial charge is 0.497 e. The Morgan fingerprint density at radius 2 is 1.60 bits per heavy atom. The number of rotatable bonds is 12. The smallest absolute Gasteiger partial charge is 0.264 e. The van der Waals surface area contributed by atoms with Crippen LogP contribution in [0.4, 0.5) is 10.1 Å². The molecule has 10 heteroatoms. The summed E-state index contributed by atoms with van der Waals surface area (Å²) in [6, 6.07) is 19.5. The minimum atomic E-state index is -4.25. The molecule has 1 fully saturated rings. The quantitative estimate of drug-likeness (QED) is 0.320. The van der Waals surface area contributed by atoms with E-state index in [0.717, 1.165) is 54.1 Å². The molecule has 1 aliphatic carbocycles. The van der Waals surface area contributed by atoms with Gasteiger partial charge < -0.3 is 15.0 Å². The summed E-state index contributed by atoms with van der Waals surface area (Å²) in [6.07, 6.45) is 5.52. The van der Waals surface area contributed by atoms with Crippen molar-refractivity contribution < 1.29 is 27.1 Å². The number of ether oxygens (including phenoxy) is 1. The lowest BCUT2D eigenvalue weighted by Crippen LogP contribution is -2.53. The van der Waals surface area contributed by atoms with Crippen molar-refractivity contribution in [3.8, 4) is 5.75 Å². The molecule has 0 heterocycles. The summed E-state index contributed by atoms with van der Waals surface area (Å²) < 4.78 is 47.6. The molecule has 0 saturated heterocycles. The number of hydrogen-bond acceptors (Lipinski definition) is 5. The molecular weight excluding hydrogens is 557 g/mol. The Morgan fingerprint density at radius 1 is 0.952 bits per heavy atom. The highest BCUT2D eigenvalue weighted by atomic mass is 32.2. The maximum atomic E-state index is 14.0. The molecule has 3 aromatic carbocycles. The summed E-state index contributed by atoms with van der Waals surface area (Å²) in [7, 11) is -2.77. The molecule has 42 heavy (non-hydrogen) atoms. The Morgan fingerprint density at radius 3 is 2.21 bits per heavy atom. The van der Waals surface area contributed by atoms with Crippen LogP contribution in [0.5, 0.6) is 5.75 Å². The molecule has 2 amide bonds. The molecule has 0 radical (unpaired) electrons. The molecule has 224 valence electrons. The van der Waals surface area contributed by atoms with Crippen molar-refractivity contribution >= 4 is 27.5 Å². The van der Waals surface area contributed by atoms with Crippen LogP contribution in [-0.4, -0.2) is 57.4 Å². The lowest BCUT2D eigenvalue weighted by molar-refractivity contribution is -0.139. The van der Waals surface area contributed by atoms with E-state index in [2.05, 4.69) is 5.32 Å². The van der Waals surface area contributed by atoms with Crippen molar-refractivity contribution in [3.05, 3.63) is 90.2 Å². The third-order valence-electron chi connectivity index (χ3n) is 7.64. The molecule has 0 bridgehead atoms. The summed E-state index contributed by atoms with van der Waals surface area (Å²) >= 11 is 0.